The van der Waals surface area contributed by atoms with E-state index in [1.165, 1.54) is 0 Å². The van der Waals surface area contributed by atoms with Gasteiger partial charge in [0.2, 0.25) is 0 Å². The molecule has 0 amide bonds. The number of fused-ring (bicyclic) bond motifs is 1. The number of hydrogen-bond acceptors (Lipinski definition) is 6. The standard InChI is InChI=1S/C18H21N5OS/c1-4-9-22(2)20-11-14-15(12-24)23(3)18-17(14)25-16(21-18)10-13-7-5-6-8-19-13/h5-8,11-12H,4,9-10H2,1-3H3/b20-11-. The minimum atomic E-state index is 0.604. The summed E-state index contributed by atoms with van der Waals surface area (Å²) in [4.78, 5) is 20.6. The lowest BCUT2D eigenvalue weighted by Crippen LogP contribution is -2.12. The predicted molar refractivity (Wildman–Crippen MR) is 102 cm³/mol. The summed E-state index contributed by atoms with van der Waals surface area (Å²) >= 11 is 1.59. The number of hydrazone groups is 1. The van der Waals surface area contributed by atoms with Gasteiger partial charge < -0.3 is 9.58 Å². The Bertz CT molecular complexity index is 897. The Morgan fingerprint density at radius 3 is 2.92 bits per heavy atom. The smallest absolute Gasteiger partial charge is 0.167 e. The van der Waals surface area contributed by atoms with Gasteiger partial charge in [0.15, 0.2) is 11.9 Å². The van der Waals surface area contributed by atoms with Crippen LogP contribution in [0, 0.1) is 0 Å². The normalized spacial score (nSPS) is 11.5. The number of carbonyl (C=O) groups is 1. The van der Waals surface area contributed by atoms with Crippen LogP contribution in [0.1, 0.15) is 40.1 Å². The van der Waals surface area contributed by atoms with Crippen molar-refractivity contribution in [2.24, 2.45) is 12.1 Å². The fourth-order valence-corrected chi connectivity index (χ4v) is 3.84. The lowest BCUT2D eigenvalue weighted by molar-refractivity contribution is 0.111. The van der Waals surface area contributed by atoms with E-state index in [9.17, 15) is 4.79 Å². The van der Waals surface area contributed by atoms with Gasteiger partial charge in [-0.1, -0.05) is 13.0 Å². The summed E-state index contributed by atoms with van der Waals surface area (Å²) in [6, 6.07) is 5.87. The highest BCUT2D eigenvalue weighted by Crippen LogP contribution is 2.30. The molecule has 0 aliphatic rings. The Balaban J connectivity index is 1.98. The summed E-state index contributed by atoms with van der Waals surface area (Å²) in [7, 11) is 3.79. The first-order chi connectivity index (χ1) is 12.1. The summed E-state index contributed by atoms with van der Waals surface area (Å²) in [5, 5.41) is 7.31. The van der Waals surface area contributed by atoms with Gasteiger partial charge in [-0.3, -0.25) is 9.78 Å². The predicted octanol–water partition coefficient (Wildman–Crippen LogP) is 3.11. The van der Waals surface area contributed by atoms with Crippen LogP contribution in [0.3, 0.4) is 0 Å². The number of carbonyl (C=O) groups excluding carboxylic acids is 1. The fraction of sp³-hybridized carbons (Fsp3) is 0.333. The highest BCUT2D eigenvalue weighted by molar-refractivity contribution is 7.19. The van der Waals surface area contributed by atoms with E-state index < -0.39 is 0 Å². The van der Waals surface area contributed by atoms with E-state index in [-0.39, 0.29) is 0 Å². The van der Waals surface area contributed by atoms with E-state index in [0.29, 0.717) is 12.1 Å². The van der Waals surface area contributed by atoms with Crippen LogP contribution in [0.15, 0.2) is 29.5 Å². The average molecular weight is 355 g/mol. The molecular formula is C18H21N5OS. The third-order valence-corrected chi connectivity index (χ3v) is 5.03. The maximum Gasteiger partial charge on any atom is 0.167 e. The molecule has 3 rings (SSSR count). The quantitative estimate of drug-likeness (QED) is 0.371. The van der Waals surface area contributed by atoms with Crippen LogP contribution < -0.4 is 0 Å². The zero-order valence-corrected chi connectivity index (χ0v) is 15.5. The Morgan fingerprint density at radius 2 is 2.24 bits per heavy atom. The molecule has 3 aromatic heterocycles. The van der Waals surface area contributed by atoms with Crippen molar-refractivity contribution in [3.63, 3.8) is 0 Å². The SMILES string of the molecule is CCCN(C)/N=C\c1c(C=O)n(C)c2nc(Cc3ccccn3)sc12. The van der Waals surface area contributed by atoms with Gasteiger partial charge in [0.25, 0.3) is 0 Å². The molecule has 0 spiro atoms. The number of thiazole rings is 1. The van der Waals surface area contributed by atoms with E-state index in [1.54, 1.807) is 23.7 Å². The van der Waals surface area contributed by atoms with Crippen LogP contribution in [0.5, 0.6) is 0 Å². The van der Waals surface area contributed by atoms with Crippen molar-refractivity contribution in [1.82, 2.24) is 19.5 Å². The maximum absolute atomic E-state index is 11.5. The van der Waals surface area contributed by atoms with Crippen LogP contribution in [0.2, 0.25) is 0 Å². The molecule has 0 bridgehead atoms. The van der Waals surface area contributed by atoms with Gasteiger partial charge in [-0.05, 0) is 18.6 Å². The van der Waals surface area contributed by atoms with Crippen LogP contribution in [0.25, 0.3) is 10.3 Å². The summed E-state index contributed by atoms with van der Waals surface area (Å²) < 4.78 is 2.83. The number of rotatable bonds is 7. The number of aryl methyl sites for hydroxylation is 1. The van der Waals surface area contributed by atoms with Crippen molar-refractivity contribution in [2.45, 2.75) is 19.8 Å². The van der Waals surface area contributed by atoms with Crippen molar-refractivity contribution in [3.8, 4) is 0 Å². The lowest BCUT2D eigenvalue weighted by atomic mass is 10.3. The van der Waals surface area contributed by atoms with E-state index in [0.717, 1.165) is 45.9 Å². The minimum absolute atomic E-state index is 0.604. The summed E-state index contributed by atoms with van der Waals surface area (Å²) in [5.41, 5.74) is 3.24. The van der Waals surface area contributed by atoms with Gasteiger partial charge in [0.1, 0.15) is 5.01 Å². The van der Waals surface area contributed by atoms with Crippen molar-refractivity contribution < 1.29 is 4.79 Å². The second kappa shape index (κ2) is 7.57. The Morgan fingerprint density at radius 1 is 1.40 bits per heavy atom. The van der Waals surface area contributed by atoms with Crippen molar-refractivity contribution in [3.05, 3.63) is 46.4 Å². The Hall–Kier alpha value is -2.54. The van der Waals surface area contributed by atoms with Gasteiger partial charge in [0, 0.05) is 44.5 Å². The molecule has 0 aromatic carbocycles. The highest BCUT2D eigenvalue weighted by Gasteiger charge is 2.18. The average Bonchev–Trinajstić information content (AvgIpc) is 3.12. The topological polar surface area (TPSA) is 63.4 Å². The lowest BCUT2D eigenvalue weighted by Gasteiger charge is -2.10. The van der Waals surface area contributed by atoms with Crippen LogP contribution >= 0.6 is 11.3 Å². The number of nitrogens with zero attached hydrogens (tertiary/aromatic N) is 5. The van der Waals surface area contributed by atoms with Gasteiger partial charge in [-0.15, -0.1) is 11.3 Å². The zero-order valence-electron chi connectivity index (χ0n) is 14.6. The first kappa shape index (κ1) is 17.3. The molecule has 0 fully saturated rings. The molecule has 0 saturated carbocycles. The second-order valence-electron chi connectivity index (χ2n) is 5.86. The molecule has 7 heteroatoms. The first-order valence-electron chi connectivity index (χ1n) is 8.22. The summed E-state index contributed by atoms with van der Waals surface area (Å²) in [6.45, 7) is 2.98. The van der Waals surface area contributed by atoms with E-state index in [1.807, 2.05) is 41.9 Å². The number of hydrogen-bond donors (Lipinski definition) is 0. The van der Waals surface area contributed by atoms with Gasteiger partial charge in [-0.25, -0.2) is 4.98 Å². The molecule has 0 aliphatic carbocycles. The molecular weight excluding hydrogens is 334 g/mol. The van der Waals surface area contributed by atoms with Gasteiger partial charge >= 0.3 is 0 Å². The molecule has 0 radical (unpaired) electrons. The third kappa shape index (κ3) is 3.61. The molecule has 25 heavy (non-hydrogen) atoms. The summed E-state index contributed by atoms with van der Waals surface area (Å²) in [5.74, 6) is 0. The molecule has 0 unspecified atom stereocenters. The molecule has 0 saturated heterocycles. The fourth-order valence-electron chi connectivity index (χ4n) is 2.71. The largest absolute Gasteiger partial charge is 0.325 e. The molecule has 6 nitrogen and oxygen atoms in total. The number of pyridine rings is 1. The monoisotopic (exact) mass is 355 g/mol. The number of aldehydes is 1. The number of aromatic nitrogens is 3. The molecule has 0 aliphatic heterocycles. The molecule has 3 heterocycles. The van der Waals surface area contributed by atoms with Crippen molar-refractivity contribution >= 4 is 34.2 Å². The Kier molecular flexibility index (Phi) is 5.23. The highest BCUT2D eigenvalue weighted by atomic mass is 32.1. The van der Waals surface area contributed by atoms with E-state index in [2.05, 4.69) is 17.0 Å². The van der Waals surface area contributed by atoms with Gasteiger partial charge in [-0.2, -0.15) is 5.10 Å². The van der Waals surface area contributed by atoms with Crippen LogP contribution in [-0.4, -0.2) is 45.6 Å². The zero-order chi connectivity index (χ0) is 17.8. The van der Waals surface area contributed by atoms with Crippen LogP contribution in [0.4, 0.5) is 0 Å². The van der Waals surface area contributed by atoms with Gasteiger partial charge in [0.05, 0.1) is 16.6 Å². The van der Waals surface area contributed by atoms with Crippen molar-refractivity contribution in [1.29, 1.82) is 0 Å². The summed E-state index contributed by atoms with van der Waals surface area (Å²) in [6.07, 6.45) is 6.13. The Labute approximate surface area is 150 Å². The molecule has 130 valence electrons. The van der Waals surface area contributed by atoms with E-state index in [4.69, 9.17) is 4.98 Å². The van der Waals surface area contributed by atoms with Crippen molar-refractivity contribution in [2.75, 3.05) is 13.6 Å². The second-order valence-corrected chi connectivity index (χ2v) is 6.94. The first-order valence-corrected chi connectivity index (χ1v) is 9.04. The molecule has 0 N–H and O–H groups in total. The minimum Gasteiger partial charge on any atom is -0.325 e. The maximum atomic E-state index is 11.5. The van der Waals surface area contributed by atoms with E-state index >= 15 is 0 Å². The molecule has 0 atom stereocenters. The molecule has 3 aromatic rings. The van der Waals surface area contributed by atoms with Crippen LogP contribution in [-0.2, 0) is 13.5 Å². The third-order valence-electron chi connectivity index (χ3n) is 3.95.